The maximum Gasteiger partial charge on any atom is 0.226 e. The van der Waals surface area contributed by atoms with Crippen LogP contribution in [0.3, 0.4) is 0 Å². The van der Waals surface area contributed by atoms with Crippen LogP contribution in [0.1, 0.15) is 43.5 Å². The van der Waals surface area contributed by atoms with Crippen molar-refractivity contribution in [2.24, 2.45) is 23.2 Å². The fourth-order valence-electron chi connectivity index (χ4n) is 5.93. The Morgan fingerprint density at radius 3 is 2.58 bits per heavy atom. The topological polar surface area (TPSA) is 54.9 Å². The summed E-state index contributed by atoms with van der Waals surface area (Å²) in [5.74, 6) is 2.76. The summed E-state index contributed by atoms with van der Waals surface area (Å²) in [6.07, 6.45) is 12.0. The Hall–Kier alpha value is -1.75. The van der Waals surface area contributed by atoms with Crippen molar-refractivity contribution in [3.05, 3.63) is 34.9 Å². The van der Waals surface area contributed by atoms with Gasteiger partial charge in [0.05, 0.1) is 10.7 Å². The lowest BCUT2D eigenvalue weighted by molar-refractivity contribution is -0.146. The van der Waals surface area contributed by atoms with Crippen molar-refractivity contribution in [1.29, 1.82) is 0 Å². The van der Waals surface area contributed by atoms with E-state index in [0.29, 0.717) is 12.5 Å². The summed E-state index contributed by atoms with van der Waals surface area (Å²) in [6.45, 7) is 0.695. The van der Waals surface area contributed by atoms with Crippen LogP contribution in [0, 0.1) is 23.2 Å². The minimum absolute atomic E-state index is 0.0432. The molecule has 5 heteroatoms. The second-order valence-corrected chi connectivity index (χ2v) is 9.51. The molecule has 1 N–H and O–H groups in total. The average Bonchev–Trinajstić information content (AvgIpc) is 3.10. The summed E-state index contributed by atoms with van der Waals surface area (Å²) in [6, 6.07) is 3.96. The Balaban J connectivity index is 1.19. The molecule has 2 heterocycles. The molecule has 4 nitrogen and oxygen atoms in total. The number of hydrogen-bond acceptors (Lipinski definition) is 4. The van der Waals surface area contributed by atoms with Crippen molar-refractivity contribution in [1.82, 2.24) is 15.3 Å². The van der Waals surface area contributed by atoms with Crippen molar-refractivity contribution in [3.63, 3.8) is 0 Å². The van der Waals surface area contributed by atoms with Crippen molar-refractivity contribution >= 4 is 17.2 Å². The number of pyridine rings is 1. The quantitative estimate of drug-likeness (QED) is 0.866. The number of amides is 1. The molecule has 0 saturated heterocycles. The molecular weight excluding hydrogens is 342 g/mol. The Morgan fingerprint density at radius 2 is 1.92 bits per heavy atom. The zero-order chi connectivity index (χ0) is 17.6. The molecule has 0 radical (unpaired) electrons. The van der Waals surface area contributed by atoms with Gasteiger partial charge in [-0.25, -0.2) is 4.98 Å². The van der Waals surface area contributed by atoms with Crippen LogP contribution in [0.15, 0.2) is 29.9 Å². The maximum absolute atomic E-state index is 13.0. The van der Waals surface area contributed by atoms with E-state index in [2.05, 4.69) is 15.7 Å². The fourth-order valence-corrected chi connectivity index (χ4v) is 6.74. The van der Waals surface area contributed by atoms with Crippen molar-refractivity contribution in [3.8, 4) is 11.3 Å². The van der Waals surface area contributed by atoms with Gasteiger partial charge < -0.3 is 5.32 Å². The second kappa shape index (κ2) is 6.45. The number of nitrogens with zero attached hydrogens (tertiary/aromatic N) is 2. The number of nitrogens with one attached hydrogen (secondary N) is 1. The van der Waals surface area contributed by atoms with Crippen molar-refractivity contribution < 1.29 is 4.79 Å². The number of aromatic nitrogens is 2. The molecule has 0 atom stereocenters. The zero-order valence-corrected chi connectivity index (χ0v) is 15.8. The number of hydrogen-bond donors (Lipinski definition) is 1. The van der Waals surface area contributed by atoms with Gasteiger partial charge in [-0.1, -0.05) is 0 Å². The highest BCUT2D eigenvalue weighted by Crippen LogP contribution is 2.60. The summed E-state index contributed by atoms with van der Waals surface area (Å²) < 4.78 is 0. The van der Waals surface area contributed by atoms with Crippen LogP contribution < -0.4 is 5.32 Å². The van der Waals surface area contributed by atoms with Gasteiger partial charge in [0.25, 0.3) is 0 Å². The van der Waals surface area contributed by atoms with Gasteiger partial charge in [-0.05, 0) is 68.4 Å². The number of carbonyl (C=O) groups excluding carboxylic acids is 1. The summed E-state index contributed by atoms with van der Waals surface area (Å²) in [5.41, 5.74) is 1.98. The molecule has 26 heavy (non-hydrogen) atoms. The van der Waals surface area contributed by atoms with Crippen LogP contribution in [0.25, 0.3) is 11.3 Å². The molecule has 2 aromatic rings. The zero-order valence-electron chi connectivity index (χ0n) is 15.0. The Bertz CT molecular complexity index is 765. The summed E-state index contributed by atoms with van der Waals surface area (Å²) in [4.78, 5) is 21.8. The SMILES string of the molecule is O=C(NCCc1nc(-c2cccnc2)cs1)C12CC3CC(CC(C3)C1)C2. The molecular formula is C21H25N3OS. The first kappa shape index (κ1) is 16.4. The molecule has 4 saturated carbocycles. The molecule has 4 aliphatic carbocycles. The first-order valence-corrected chi connectivity index (χ1v) is 10.7. The van der Waals surface area contributed by atoms with E-state index in [1.165, 1.54) is 19.3 Å². The van der Waals surface area contributed by atoms with Gasteiger partial charge in [-0.15, -0.1) is 11.3 Å². The lowest BCUT2D eigenvalue weighted by Crippen LogP contribution is -2.53. The van der Waals surface area contributed by atoms with Crippen LogP contribution in [-0.2, 0) is 11.2 Å². The predicted molar refractivity (Wildman–Crippen MR) is 103 cm³/mol. The van der Waals surface area contributed by atoms with E-state index in [1.54, 1.807) is 17.5 Å². The standard InChI is InChI=1S/C21H25N3OS/c25-20(21-9-14-6-15(10-21)8-16(7-14)11-21)23-5-3-19-24-18(13-26-19)17-2-1-4-22-12-17/h1-2,4,12-16H,3,5-11H2,(H,23,25). The van der Waals surface area contributed by atoms with Crippen LogP contribution >= 0.6 is 11.3 Å². The molecule has 4 fully saturated rings. The summed E-state index contributed by atoms with van der Waals surface area (Å²) in [7, 11) is 0. The van der Waals surface area contributed by atoms with Crippen LogP contribution in [0.4, 0.5) is 0 Å². The third-order valence-corrected chi connectivity index (χ3v) is 7.56. The molecule has 0 spiro atoms. The highest BCUT2D eigenvalue weighted by atomic mass is 32.1. The third kappa shape index (κ3) is 2.96. The molecule has 4 bridgehead atoms. The Labute approximate surface area is 158 Å². The lowest BCUT2D eigenvalue weighted by atomic mass is 9.49. The van der Waals surface area contributed by atoms with E-state index in [9.17, 15) is 4.79 Å². The van der Waals surface area contributed by atoms with E-state index in [0.717, 1.165) is 59.7 Å². The van der Waals surface area contributed by atoms with Crippen molar-refractivity contribution in [2.45, 2.75) is 44.9 Å². The summed E-state index contributed by atoms with van der Waals surface area (Å²) in [5, 5.41) is 6.41. The number of carbonyl (C=O) groups is 1. The first-order valence-electron chi connectivity index (χ1n) is 9.83. The fraction of sp³-hybridized carbons (Fsp3) is 0.571. The van der Waals surface area contributed by atoms with E-state index >= 15 is 0 Å². The third-order valence-electron chi connectivity index (χ3n) is 6.65. The van der Waals surface area contributed by atoms with Gasteiger partial charge in [-0.3, -0.25) is 9.78 Å². The number of thiazole rings is 1. The number of rotatable bonds is 5. The predicted octanol–water partition coefficient (Wildman–Crippen LogP) is 4.08. The molecule has 0 aliphatic heterocycles. The highest BCUT2D eigenvalue weighted by molar-refractivity contribution is 7.09. The van der Waals surface area contributed by atoms with Crippen molar-refractivity contribution in [2.75, 3.05) is 6.54 Å². The van der Waals surface area contributed by atoms with E-state index in [4.69, 9.17) is 4.98 Å². The molecule has 6 rings (SSSR count). The largest absolute Gasteiger partial charge is 0.355 e. The van der Waals surface area contributed by atoms with Gasteiger partial charge in [-0.2, -0.15) is 0 Å². The molecule has 136 valence electrons. The minimum Gasteiger partial charge on any atom is -0.355 e. The maximum atomic E-state index is 13.0. The minimum atomic E-state index is -0.0432. The summed E-state index contributed by atoms with van der Waals surface area (Å²) >= 11 is 1.67. The monoisotopic (exact) mass is 367 g/mol. The molecule has 1 amide bonds. The van der Waals surface area contributed by atoms with Gasteiger partial charge in [0.2, 0.25) is 5.91 Å². The lowest BCUT2D eigenvalue weighted by Gasteiger charge is -2.55. The van der Waals surface area contributed by atoms with E-state index in [-0.39, 0.29) is 5.41 Å². The Morgan fingerprint density at radius 1 is 1.19 bits per heavy atom. The van der Waals surface area contributed by atoms with Crippen LogP contribution in [0.2, 0.25) is 0 Å². The van der Waals surface area contributed by atoms with E-state index < -0.39 is 0 Å². The smallest absolute Gasteiger partial charge is 0.226 e. The average molecular weight is 368 g/mol. The van der Waals surface area contributed by atoms with Gasteiger partial charge in [0.1, 0.15) is 0 Å². The molecule has 0 unspecified atom stereocenters. The highest BCUT2D eigenvalue weighted by Gasteiger charge is 2.54. The van der Waals surface area contributed by atoms with E-state index in [1.807, 2.05) is 18.3 Å². The van der Waals surface area contributed by atoms with Gasteiger partial charge in [0.15, 0.2) is 0 Å². The Kier molecular flexibility index (Phi) is 4.07. The van der Waals surface area contributed by atoms with Crippen LogP contribution in [0.5, 0.6) is 0 Å². The van der Waals surface area contributed by atoms with Crippen LogP contribution in [-0.4, -0.2) is 22.4 Å². The molecule has 4 aliphatic rings. The van der Waals surface area contributed by atoms with Gasteiger partial charge >= 0.3 is 0 Å². The second-order valence-electron chi connectivity index (χ2n) is 8.57. The van der Waals surface area contributed by atoms with Gasteiger partial charge in [0, 0.05) is 41.7 Å². The normalized spacial score (nSPS) is 31.9. The molecule has 2 aromatic heterocycles. The first-order chi connectivity index (χ1) is 12.7. The molecule has 0 aromatic carbocycles.